The molecule has 0 saturated heterocycles. The van der Waals surface area contributed by atoms with Gasteiger partial charge in [-0.2, -0.15) is 0 Å². The molecule has 2 N–H and O–H groups in total. The minimum absolute atomic E-state index is 0.165. The summed E-state index contributed by atoms with van der Waals surface area (Å²) in [7, 11) is 1.29. The Bertz CT molecular complexity index is 645. The number of halogens is 2. The molecule has 1 aromatic heterocycles. The highest BCUT2D eigenvalue weighted by Crippen LogP contribution is 2.32. The highest BCUT2D eigenvalue weighted by Gasteiger charge is 2.14. The largest absolute Gasteiger partial charge is 0.464 e. The van der Waals surface area contributed by atoms with Crippen LogP contribution in [0.15, 0.2) is 30.3 Å². The minimum atomic E-state index is -0.536. The molecule has 2 rings (SSSR count). The van der Waals surface area contributed by atoms with Gasteiger partial charge in [0.1, 0.15) is 5.69 Å². The van der Waals surface area contributed by atoms with E-state index in [1.807, 2.05) is 0 Å². The van der Waals surface area contributed by atoms with Crippen LogP contribution in [0.3, 0.4) is 0 Å². The number of methoxy groups -OCH3 is 1. The summed E-state index contributed by atoms with van der Waals surface area (Å²) >= 11 is 11.9. The quantitative estimate of drug-likeness (QED) is 0.862. The maximum absolute atomic E-state index is 11.5. The van der Waals surface area contributed by atoms with Crippen molar-refractivity contribution in [3.05, 3.63) is 46.1 Å². The molecular weight excluding hydrogens is 287 g/mol. The van der Waals surface area contributed by atoms with Crippen molar-refractivity contribution in [2.45, 2.75) is 0 Å². The molecule has 0 spiro atoms. The summed E-state index contributed by atoms with van der Waals surface area (Å²) < 4.78 is 4.62. The van der Waals surface area contributed by atoms with Gasteiger partial charge >= 0.3 is 5.97 Å². The highest BCUT2D eigenvalue weighted by molar-refractivity contribution is 6.36. The molecular formula is C13H10Cl2N2O2. The molecule has 98 valence electrons. The number of pyridine rings is 1. The Morgan fingerprint density at radius 3 is 2.63 bits per heavy atom. The molecule has 0 aliphatic heterocycles. The molecule has 0 aliphatic carbocycles. The molecule has 0 aliphatic rings. The maximum atomic E-state index is 11.5. The fourth-order valence-corrected chi connectivity index (χ4v) is 2.08. The van der Waals surface area contributed by atoms with E-state index in [4.69, 9.17) is 28.9 Å². The SMILES string of the molecule is COC(=O)c1ccc(N)c(-c2ccc(Cl)cc2Cl)n1. The summed E-state index contributed by atoms with van der Waals surface area (Å²) in [5.74, 6) is -0.536. The van der Waals surface area contributed by atoms with Crippen LogP contribution in [-0.2, 0) is 4.74 Å². The molecule has 4 nitrogen and oxygen atoms in total. The van der Waals surface area contributed by atoms with Crippen molar-refractivity contribution in [2.24, 2.45) is 0 Å². The van der Waals surface area contributed by atoms with Crippen LogP contribution in [0.5, 0.6) is 0 Å². The van der Waals surface area contributed by atoms with E-state index >= 15 is 0 Å². The van der Waals surface area contributed by atoms with Gasteiger partial charge in [-0.3, -0.25) is 0 Å². The minimum Gasteiger partial charge on any atom is -0.464 e. The van der Waals surface area contributed by atoms with E-state index in [0.29, 0.717) is 27.0 Å². The second-order valence-corrected chi connectivity index (χ2v) is 4.59. The number of hydrogen-bond acceptors (Lipinski definition) is 4. The van der Waals surface area contributed by atoms with Crippen LogP contribution in [-0.4, -0.2) is 18.1 Å². The van der Waals surface area contributed by atoms with E-state index in [1.54, 1.807) is 24.3 Å². The van der Waals surface area contributed by atoms with Crippen molar-refractivity contribution in [3.8, 4) is 11.3 Å². The first kappa shape index (κ1) is 13.6. The number of anilines is 1. The normalized spacial score (nSPS) is 10.3. The van der Waals surface area contributed by atoms with Crippen LogP contribution < -0.4 is 5.73 Å². The molecule has 19 heavy (non-hydrogen) atoms. The van der Waals surface area contributed by atoms with Crippen molar-refractivity contribution in [1.82, 2.24) is 4.98 Å². The molecule has 2 aromatic rings. The number of aromatic nitrogens is 1. The lowest BCUT2D eigenvalue weighted by molar-refractivity contribution is 0.0594. The molecule has 1 aromatic carbocycles. The van der Waals surface area contributed by atoms with Crippen molar-refractivity contribution >= 4 is 34.9 Å². The molecule has 0 saturated carbocycles. The zero-order valence-corrected chi connectivity index (χ0v) is 11.5. The van der Waals surface area contributed by atoms with Crippen LogP contribution >= 0.6 is 23.2 Å². The Morgan fingerprint density at radius 2 is 2.00 bits per heavy atom. The number of rotatable bonds is 2. The van der Waals surface area contributed by atoms with Gasteiger partial charge in [0.15, 0.2) is 0 Å². The maximum Gasteiger partial charge on any atom is 0.356 e. The Morgan fingerprint density at radius 1 is 1.26 bits per heavy atom. The van der Waals surface area contributed by atoms with Gasteiger partial charge in [-0.25, -0.2) is 9.78 Å². The molecule has 1 heterocycles. The Hall–Kier alpha value is -1.78. The van der Waals surface area contributed by atoms with Gasteiger partial charge in [0.25, 0.3) is 0 Å². The summed E-state index contributed by atoms with van der Waals surface area (Å²) in [5, 5.41) is 0.921. The van der Waals surface area contributed by atoms with Crippen molar-refractivity contribution in [2.75, 3.05) is 12.8 Å². The lowest BCUT2D eigenvalue weighted by atomic mass is 10.1. The third-order valence-corrected chi connectivity index (χ3v) is 3.06. The summed E-state index contributed by atoms with van der Waals surface area (Å²) in [4.78, 5) is 15.6. The van der Waals surface area contributed by atoms with Gasteiger partial charge in [0.2, 0.25) is 0 Å². The number of esters is 1. The van der Waals surface area contributed by atoms with Gasteiger partial charge in [0, 0.05) is 10.6 Å². The summed E-state index contributed by atoms with van der Waals surface area (Å²) in [6.07, 6.45) is 0. The Balaban J connectivity index is 2.57. The van der Waals surface area contributed by atoms with E-state index in [-0.39, 0.29) is 5.69 Å². The number of ether oxygens (including phenoxy) is 1. The second-order valence-electron chi connectivity index (χ2n) is 3.75. The van der Waals surface area contributed by atoms with E-state index < -0.39 is 5.97 Å². The third-order valence-electron chi connectivity index (χ3n) is 2.51. The predicted molar refractivity (Wildman–Crippen MR) is 75.4 cm³/mol. The number of hydrogen-bond donors (Lipinski definition) is 1. The first-order chi connectivity index (χ1) is 9.02. The van der Waals surface area contributed by atoms with E-state index in [0.717, 1.165) is 0 Å². The monoisotopic (exact) mass is 296 g/mol. The number of nitrogen functional groups attached to an aromatic ring is 1. The molecule has 0 radical (unpaired) electrons. The smallest absolute Gasteiger partial charge is 0.356 e. The standard InChI is InChI=1S/C13H10Cl2N2O2/c1-19-13(18)11-5-4-10(16)12(17-11)8-3-2-7(14)6-9(8)15/h2-6H,16H2,1H3. The van der Waals surface area contributed by atoms with E-state index in [1.165, 1.54) is 13.2 Å². The van der Waals surface area contributed by atoms with Gasteiger partial charge in [0.05, 0.1) is 23.5 Å². The fourth-order valence-electron chi connectivity index (χ4n) is 1.59. The lowest BCUT2D eigenvalue weighted by Crippen LogP contribution is -2.06. The molecule has 0 unspecified atom stereocenters. The average Bonchev–Trinajstić information content (AvgIpc) is 2.39. The first-order valence-corrected chi connectivity index (χ1v) is 6.08. The molecule has 0 amide bonds. The van der Waals surface area contributed by atoms with Crippen LogP contribution in [0.25, 0.3) is 11.3 Å². The van der Waals surface area contributed by atoms with Gasteiger partial charge in [-0.15, -0.1) is 0 Å². The van der Waals surface area contributed by atoms with Crippen LogP contribution in [0.1, 0.15) is 10.5 Å². The molecule has 0 fully saturated rings. The van der Waals surface area contributed by atoms with E-state index in [9.17, 15) is 4.79 Å². The van der Waals surface area contributed by atoms with Gasteiger partial charge in [-0.05, 0) is 30.3 Å². The zero-order valence-electron chi connectivity index (χ0n) is 9.98. The second kappa shape index (κ2) is 5.47. The average molecular weight is 297 g/mol. The number of carbonyl (C=O) groups excluding carboxylic acids is 1. The molecule has 0 bridgehead atoms. The molecule has 0 atom stereocenters. The van der Waals surface area contributed by atoms with Crippen LogP contribution in [0, 0.1) is 0 Å². The summed E-state index contributed by atoms with van der Waals surface area (Å²) in [6, 6.07) is 8.04. The number of carbonyl (C=O) groups is 1. The van der Waals surface area contributed by atoms with Gasteiger partial charge < -0.3 is 10.5 Å². The van der Waals surface area contributed by atoms with Crippen molar-refractivity contribution in [3.63, 3.8) is 0 Å². The number of nitrogens with zero attached hydrogens (tertiary/aromatic N) is 1. The van der Waals surface area contributed by atoms with Crippen LogP contribution in [0.4, 0.5) is 5.69 Å². The molecule has 6 heteroatoms. The lowest BCUT2D eigenvalue weighted by Gasteiger charge is -2.09. The predicted octanol–water partition coefficient (Wildman–Crippen LogP) is 3.42. The van der Waals surface area contributed by atoms with Gasteiger partial charge in [-0.1, -0.05) is 23.2 Å². The fraction of sp³-hybridized carbons (Fsp3) is 0.0769. The van der Waals surface area contributed by atoms with Crippen molar-refractivity contribution in [1.29, 1.82) is 0 Å². The summed E-state index contributed by atoms with van der Waals surface area (Å²) in [6.45, 7) is 0. The Kier molecular flexibility index (Phi) is 3.93. The first-order valence-electron chi connectivity index (χ1n) is 5.33. The highest BCUT2D eigenvalue weighted by atomic mass is 35.5. The van der Waals surface area contributed by atoms with Crippen LogP contribution in [0.2, 0.25) is 10.0 Å². The Labute approximate surface area is 120 Å². The zero-order chi connectivity index (χ0) is 14.0. The summed E-state index contributed by atoms with van der Waals surface area (Å²) in [5.41, 5.74) is 7.47. The number of benzene rings is 1. The van der Waals surface area contributed by atoms with E-state index in [2.05, 4.69) is 9.72 Å². The number of nitrogens with two attached hydrogens (primary N) is 1. The topological polar surface area (TPSA) is 65.2 Å². The van der Waals surface area contributed by atoms with Crippen molar-refractivity contribution < 1.29 is 9.53 Å². The third kappa shape index (κ3) is 2.80.